The third-order valence-electron chi connectivity index (χ3n) is 3.23. The fourth-order valence-corrected chi connectivity index (χ4v) is 3.12. The number of nitrogens with zero attached hydrogens (tertiary/aromatic N) is 1. The number of carboxylic acid groups (broad SMARTS) is 1. The Bertz CT molecular complexity index is 589. The molecule has 1 heterocycles. The van der Waals surface area contributed by atoms with Gasteiger partial charge in [-0.15, -0.1) is 11.8 Å². The Balaban J connectivity index is 2.06. The predicted molar refractivity (Wildman–Crippen MR) is 82.0 cm³/mol. The number of carbonyl (C=O) groups is 3. The molecule has 0 bridgehead atoms. The molecule has 0 aromatic heterocycles. The van der Waals surface area contributed by atoms with Crippen molar-refractivity contribution in [3.8, 4) is 5.75 Å². The van der Waals surface area contributed by atoms with Crippen LogP contribution in [0.15, 0.2) is 24.3 Å². The summed E-state index contributed by atoms with van der Waals surface area (Å²) < 4.78 is 5.03. The minimum Gasteiger partial charge on any atom is -0.497 e. The van der Waals surface area contributed by atoms with Crippen molar-refractivity contribution >= 4 is 35.2 Å². The highest BCUT2D eigenvalue weighted by Gasteiger charge is 2.40. The van der Waals surface area contributed by atoms with Crippen LogP contribution in [0.3, 0.4) is 0 Å². The van der Waals surface area contributed by atoms with Crippen LogP contribution in [0.5, 0.6) is 5.75 Å². The summed E-state index contributed by atoms with van der Waals surface area (Å²) in [5, 5.41) is 8.14. The van der Waals surface area contributed by atoms with Gasteiger partial charge in [0.2, 0.25) is 11.8 Å². The second-order valence-electron chi connectivity index (χ2n) is 4.74. The van der Waals surface area contributed by atoms with Gasteiger partial charge in [0.25, 0.3) is 0 Å². The lowest BCUT2D eigenvalue weighted by atomic mass is 10.3. The van der Waals surface area contributed by atoms with Crippen LogP contribution in [-0.4, -0.2) is 47.0 Å². The average molecular weight is 324 g/mol. The molecule has 1 aliphatic rings. The van der Waals surface area contributed by atoms with Crippen LogP contribution in [0.4, 0.5) is 5.69 Å². The Hall–Kier alpha value is -2.06. The van der Waals surface area contributed by atoms with Crippen molar-refractivity contribution in [2.45, 2.75) is 17.7 Å². The van der Waals surface area contributed by atoms with E-state index in [1.54, 1.807) is 24.3 Å². The molecule has 7 nitrogen and oxygen atoms in total. The molecule has 1 aromatic rings. The number of hydrogen-bond acceptors (Lipinski definition) is 6. The molecule has 1 fully saturated rings. The van der Waals surface area contributed by atoms with Crippen LogP contribution >= 0.6 is 11.8 Å². The zero-order chi connectivity index (χ0) is 16.3. The zero-order valence-corrected chi connectivity index (χ0v) is 12.7. The van der Waals surface area contributed by atoms with E-state index in [1.165, 1.54) is 7.11 Å². The van der Waals surface area contributed by atoms with Crippen molar-refractivity contribution < 1.29 is 24.2 Å². The molecule has 2 atom stereocenters. The summed E-state index contributed by atoms with van der Waals surface area (Å²) in [5.41, 5.74) is 5.88. The summed E-state index contributed by atoms with van der Waals surface area (Å²) in [6.45, 7) is 0. The predicted octanol–water partition coefficient (Wildman–Crippen LogP) is 0.472. The molecule has 22 heavy (non-hydrogen) atoms. The number of benzene rings is 1. The summed E-state index contributed by atoms with van der Waals surface area (Å²) in [5.74, 6) is -1.08. The first-order valence-electron chi connectivity index (χ1n) is 6.55. The SMILES string of the molecule is COc1ccc(N2C(=O)C[C@@H](SC[C@@H](N)C(=O)O)C2=O)cc1. The number of nitrogens with two attached hydrogens (primary N) is 1. The number of thioether (sulfide) groups is 1. The first-order chi connectivity index (χ1) is 10.4. The Kier molecular flexibility index (Phi) is 5.04. The summed E-state index contributed by atoms with van der Waals surface area (Å²) in [4.78, 5) is 36.2. The normalized spacial score (nSPS) is 19.4. The molecule has 0 saturated carbocycles. The smallest absolute Gasteiger partial charge is 0.321 e. The lowest BCUT2D eigenvalue weighted by Gasteiger charge is -2.15. The van der Waals surface area contributed by atoms with Crippen LogP contribution in [0.2, 0.25) is 0 Å². The molecule has 8 heteroatoms. The van der Waals surface area contributed by atoms with E-state index in [4.69, 9.17) is 15.6 Å². The molecular weight excluding hydrogens is 308 g/mol. The van der Waals surface area contributed by atoms with E-state index in [0.717, 1.165) is 16.7 Å². The van der Waals surface area contributed by atoms with Gasteiger partial charge in [-0.3, -0.25) is 14.4 Å². The van der Waals surface area contributed by atoms with Gasteiger partial charge in [0.15, 0.2) is 0 Å². The van der Waals surface area contributed by atoms with Crippen LogP contribution in [0, 0.1) is 0 Å². The van der Waals surface area contributed by atoms with E-state index in [1.807, 2.05) is 0 Å². The van der Waals surface area contributed by atoms with Gasteiger partial charge in [-0.1, -0.05) is 0 Å². The molecule has 118 valence electrons. The highest BCUT2D eigenvalue weighted by atomic mass is 32.2. The number of ether oxygens (including phenoxy) is 1. The minimum atomic E-state index is -1.13. The Labute approximate surface area is 131 Å². The summed E-state index contributed by atoms with van der Waals surface area (Å²) in [7, 11) is 1.53. The van der Waals surface area contributed by atoms with E-state index in [0.29, 0.717) is 11.4 Å². The summed E-state index contributed by atoms with van der Waals surface area (Å²) in [6, 6.07) is 5.53. The van der Waals surface area contributed by atoms with Crippen molar-refractivity contribution in [3.05, 3.63) is 24.3 Å². The van der Waals surface area contributed by atoms with Gasteiger partial charge in [0.1, 0.15) is 11.8 Å². The van der Waals surface area contributed by atoms with Gasteiger partial charge < -0.3 is 15.6 Å². The maximum absolute atomic E-state index is 12.3. The number of carboxylic acids is 1. The first-order valence-corrected chi connectivity index (χ1v) is 7.59. The number of rotatable bonds is 6. The fraction of sp³-hybridized carbons (Fsp3) is 0.357. The van der Waals surface area contributed by atoms with Crippen molar-refractivity contribution in [2.24, 2.45) is 5.73 Å². The van der Waals surface area contributed by atoms with Crippen LogP contribution < -0.4 is 15.4 Å². The van der Waals surface area contributed by atoms with E-state index < -0.39 is 17.3 Å². The van der Waals surface area contributed by atoms with E-state index >= 15 is 0 Å². The van der Waals surface area contributed by atoms with E-state index in [2.05, 4.69) is 0 Å². The maximum atomic E-state index is 12.3. The van der Waals surface area contributed by atoms with Crippen molar-refractivity contribution in [2.75, 3.05) is 17.8 Å². The highest BCUT2D eigenvalue weighted by Crippen LogP contribution is 2.30. The van der Waals surface area contributed by atoms with Gasteiger partial charge in [0, 0.05) is 12.2 Å². The number of methoxy groups -OCH3 is 1. The molecule has 3 N–H and O–H groups in total. The lowest BCUT2D eigenvalue weighted by Crippen LogP contribution is -2.35. The Morgan fingerprint density at radius 2 is 2.09 bits per heavy atom. The summed E-state index contributed by atoms with van der Waals surface area (Å²) in [6.07, 6.45) is 0.0435. The van der Waals surface area contributed by atoms with Gasteiger partial charge in [-0.05, 0) is 24.3 Å². The number of carbonyl (C=O) groups excluding carboxylic acids is 2. The number of amides is 2. The molecule has 0 unspecified atom stereocenters. The third kappa shape index (κ3) is 3.40. The van der Waals surface area contributed by atoms with Crippen LogP contribution in [0.1, 0.15) is 6.42 Å². The molecule has 0 radical (unpaired) electrons. The number of aliphatic carboxylic acids is 1. The first kappa shape index (κ1) is 16.3. The number of hydrogen-bond donors (Lipinski definition) is 2. The molecule has 1 aliphatic heterocycles. The average Bonchev–Trinajstić information content (AvgIpc) is 2.79. The van der Waals surface area contributed by atoms with Crippen molar-refractivity contribution in [3.63, 3.8) is 0 Å². The topological polar surface area (TPSA) is 110 Å². The van der Waals surface area contributed by atoms with Crippen LogP contribution in [0.25, 0.3) is 0 Å². The fourth-order valence-electron chi connectivity index (χ4n) is 2.03. The number of imide groups is 1. The minimum absolute atomic E-state index is 0.0435. The molecule has 0 aliphatic carbocycles. The van der Waals surface area contributed by atoms with Crippen molar-refractivity contribution in [1.29, 1.82) is 0 Å². The van der Waals surface area contributed by atoms with Crippen LogP contribution in [-0.2, 0) is 14.4 Å². The number of anilines is 1. The van der Waals surface area contributed by atoms with Gasteiger partial charge >= 0.3 is 5.97 Å². The Morgan fingerprint density at radius 1 is 1.45 bits per heavy atom. The van der Waals surface area contributed by atoms with Gasteiger partial charge in [-0.2, -0.15) is 0 Å². The lowest BCUT2D eigenvalue weighted by molar-refractivity contribution is -0.138. The summed E-state index contributed by atoms with van der Waals surface area (Å²) >= 11 is 1.10. The monoisotopic (exact) mass is 324 g/mol. The Morgan fingerprint density at radius 3 is 2.64 bits per heavy atom. The highest BCUT2D eigenvalue weighted by molar-refractivity contribution is 8.00. The quantitative estimate of drug-likeness (QED) is 0.732. The zero-order valence-electron chi connectivity index (χ0n) is 11.9. The molecule has 2 rings (SSSR count). The second-order valence-corrected chi connectivity index (χ2v) is 5.97. The largest absolute Gasteiger partial charge is 0.497 e. The third-order valence-corrected chi connectivity index (χ3v) is 4.55. The maximum Gasteiger partial charge on any atom is 0.321 e. The van der Waals surface area contributed by atoms with Crippen molar-refractivity contribution in [1.82, 2.24) is 0 Å². The van der Waals surface area contributed by atoms with Gasteiger partial charge in [-0.25, -0.2) is 4.90 Å². The molecule has 0 spiro atoms. The van der Waals surface area contributed by atoms with Gasteiger partial charge in [0.05, 0.1) is 18.0 Å². The standard InChI is InChI=1S/C14H16N2O5S/c1-21-9-4-2-8(3-5-9)16-12(17)6-11(13(16)18)22-7-10(15)14(19)20/h2-5,10-11H,6-7,15H2,1H3,(H,19,20)/t10-,11-/m1/s1. The van der Waals surface area contributed by atoms with E-state index in [9.17, 15) is 14.4 Å². The molecule has 1 aromatic carbocycles. The second kappa shape index (κ2) is 6.80. The molecule has 2 amide bonds. The molecular formula is C14H16N2O5S. The van der Waals surface area contributed by atoms with E-state index in [-0.39, 0.29) is 24.0 Å². The molecule has 1 saturated heterocycles.